The van der Waals surface area contributed by atoms with Crippen molar-refractivity contribution in [3.8, 4) is 0 Å². The lowest BCUT2D eigenvalue weighted by molar-refractivity contribution is 0.0947. The minimum Gasteiger partial charge on any atom is -0.396 e. The average molecular weight is 347 g/mol. The summed E-state index contributed by atoms with van der Waals surface area (Å²) >= 11 is 4.75. The Bertz CT molecular complexity index is 630. The first-order chi connectivity index (χ1) is 8.97. The molecule has 0 spiro atoms. The van der Waals surface area contributed by atoms with Crippen LogP contribution < -0.4 is 11.1 Å². The highest BCUT2D eigenvalue weighted by molar-refractivity contribution is 9.10. The molecule has 0 aliphatic carbocycles. The van der Waals surface area contributed by atoms with E-state index in [-0.39, 0.29) is 17.8 Å². The molecule has 1 aromatic carbocycles. The molecule has 2 rings (SSSR count). The van der Waals surface area contributed by atoms with Gasteiger partial charge in [0.15, 0.2) is 0 Å². The van der Waals surface area contributed by atoms with E-state index < -0.39 is 17.5 Å². The topological polar surface area (TPSA) is 55.1 Å². The van der Waals surface area contributed by atoms with E-state index in [1.165, 1.54) is 11.3 Å². The summed E-state index contributed by atoms with van der Waals surface area (Å²) < 4.78 is 27.3. The molecule has 0 saturated carbocycles. The molecule has 0 fully saturated rings. The molecule has 0 atom stereocenters. The summed E-state index contributed by atoms with van der Waals surface area (Å²) in [5.41, 5.74) is 4.78. The number of benzene rings is 1. The van der Waals surface area contributed by atoms with E-state index in [9.17, 15) is 13.6 Å². The van der Waals surface area contributed by atoms with Crippen LogP contribution in [0.4, 0.5) is 14.5 Å². The zero-order chi connectivity index (χ0) is 14.0. The number of anilines is 1. The van der Waals surface area contributed by atoms with Crippen LogP contribution in [-0.4, -0.2) is 5.91 Å². The van der Waals surface area contributed by atoms with Gasteiger partial charge in [0, 0.05) is 20.8 Å². The number of nitrogen functional groups attached to an aromatic ring is 1. The fourth-order valence-electron chi connectivity index (χ4n) is 1.45. The molecule has 100 valence electrons. The number of amides is 1. The third kappa shape index (κ3) is 3.30. The summed E-state index contributed by atoms with van der Waals surface area (Å²) in [5.74, 6) is -2.44. The Morgan fingerprint density at radius 2 is 2.05 bits per heavy atom. The first-order valence-corrected chi connectivity index (χ1v) is 6.90. The van der Waals surface area contributed by atoms with Crippen LogP contribution in [0.2, 0.25) is 0 Å². The summed E-state index contributed by atoms with van der Waals surface area (Å²) in [5, 5.41) is 4.42. The van der Waals surface area contributed by atoms with Crippen molar-refractivity contribution in [3.05, 3.63) is 50.1 Å². The maximum atomic E-state index is 13.4. The molecular weight excluding hydrogens is 338 g/mol. The molecule has 0 unspecified atom stereocenters. The minimum absolute atomic E-state index is 0.259. The van der Waals surface area contributed by atoms with Gasteiger partial charge in [-0.2, -0.15) is 0 Å². The summed E-state index contributed by atoms with van der Waals surface area (Å²) in [7, 11) is 0. The van der Waals surface area contributed by atoms with Gasteiger partial charge < -0.3 is 11.1 Å². The van der Waals surface area contributed by atoms with Crippen LogP contribution in [0.3, 0.4) is 0 Å². The number of thiophene rings is 1. The number of hydrogen-bond donors (Lipinski definition) is 2. The van der Waals surface area contributed by atoms with Crippen molar-refractivity contribution >= 4 is 38.9 Å². The van der Waals surface area contributed by atoms with Crippen LogP contribution in [0.25, 0.3) is 0 Å². The largest absolute Gasteiger partial charge is 0.396 e. The first-order valence-electron chi connectivity index (χ1n) is 5.23. The smallest absolute Gasteiger partial charge is 0.254 e. The van der Waals surface area contributed by atoms with Gasteiger partial charge in [0.25, 0.3) is 5.91 Å². The average Bonchev–Trinajstić information content (AvgIpc) is 2.77. The van der Waals surface area contributed by atoms with Gasteiger partial charge in [-0.3, -0.25) is 4.79 Å². The summed E-state index contributed by atoms with van der Waals surface area (Å²) in [6.07, 6.45) is 0. The Kier molecular flexibility index (Phi) is 4.16. The van der Waals surface area contributed by atoms with E-state index in [2.05, 4.69) is 21.2 Å². The maximum absolute atomic E-state index is 13.4. The zero-order valence-corrected chi connectivity index (χ0v) is 11.9. The molecule has 1 aromatic heterocycles. The van der Waals surface area contributed by atoms with Crippen LogP contribution in [0.15, 0.2) is 28.1 Å². The number of carbonyl (C=O) groups excluding carboxylic acids is 1. The van der Waals surface area contributed by atoms with Crippen LogP contribution in [0.5, 0.6) is 0 Å². The second-order valence-electron chi connectivity index (χ2n) is 3.77. The highest BCUT2D eigenvalue weighted by Gasteiger charge is 2.14. The van der Waals surface area contributed by atoms with E-state index in [0.29, 0.717) is 6.07 Å². The van der Waals surface area contributed by atoms with Gasteiger partial charge in [-0.15, -0.1) is 11.3 Å². The molecule has 0 radical (unpaired) electrons. The van der Waals surface area contributed by atoms with Crippen LogP contribution in [-0.2, 0) is 6.54 Å². The molecule has 0 aliphatic rings. The molecule has 7 heteroatoms. The molecule has 0 saturated heterocycles. The van der Waals surface area contributed by atoms with E-state index >= 15 is 0 Å². The van der Waals surface area contributed by atoms with Crippen LogP contribution in [0.1, 0.15) is 15.2 Å². The number of rotatable bonds is 3. The number of nitrogens with one attached hydrogen (secondary N) is 1. The second-order valence-corrected chi connectivity index (χ2v) is 5.68. The first kappa shape index (κ1) is 14.0. The highest BCUT2D eigenvalue weighted by Crippen LogP contribution is 2.20. The molecular formula is C12H9BrF2N2OS. The van der Waals surface area contributed by atoms with Gasteiger partial charge in [0.1, 0.15) is 11.6 Å². The van der Waals surface area contributed by atoms with Crippen molar-refractivity contribution in [2.45, 2.75) is 6.54 Å². The maximum Gasteiger partial charge on any atom is 0.254 e. The molecule has 1 heterocycles. The minimum atomic E-state index is -0.934. The Labute approximate surface area is 120 Å². The second kappa shape index (κ2) is 5.66. The van der Waals surface area contributed by atoms with Crippen molar-refractivity contribution in [3.63, 3.8) is 0 Å². The predicted molar refractivity (Wildman–Crippen MR) is 74.0 cm³/mol. The molecule has 0 aliphatic heterocycles. The van der Waals surface area contributed by atoms with Gasteiger partial charge in [-0.25, -0.2) is 8.78 Å². The zero-order valence-electron chi connectivity index (χ0n) is 9.54. The van der Waals surface area contributed by atoms with E-state index in [0.717, 1.165) is 15.4 Å². The van der Waals surface area contributed by atoms with Crippen molar-refractivity contribution in [2.24, 2.45) is 0 Å². The molecule has 0 bridgehead atoms. The standard InChI is InChI=1S/C12H9BrF2N2OS/c13-6-1-7(19-5-6)4-17-12(18)8-2-11(16)10(15)3-9(8)14/h1-3,5H,4,16H2,(H,17,18). The van der Waals surface area contributed by atoms with Crippen molar-refractivity contribution in [2.75, 3.05) is 5.73 Å². The van der Waals surface area contributed by atoms with Crippen LogP contribution in [0, 0.1) is 11.6 Å². The fraction of sp³-hybridized carbons (Fsp3) is 0.0833. The van der Waals surface area contributed by atoms with Crippen molar-refractivity contribution in [1.82, 2.24) is 5.32 Å². The number of carbonyl (C=O) groups is 1. The Balaban J connectivity index is 2.10. The molecule has 19 heavy (non-hydrogen) atoms. The number of nitrogens with two attached hydrogens (primary N) is 1. The van der Waals surface area contributed by atoms with E-state index in [4.69, 9.17) is 5.73 Å². The van der Waals surface area contributed by atoms with Crippen molar-refractivity contribution in [1.29, 1.82) is 0 Å². The van der Waals surface area contributed by atoms with Gasteiger partial charge in [0.2, 0.25) is 0 Å². The highest BCUT2D eigenvalue weighted by atomic mass is 79.9. The third-order valence-corrected chi connectivity index (χ3v) is 4.07. The van der Waals surface area contributed by atoms with E-state index in [1.54, 1.807) is 0 Å². The lowest BCUT2D eigenvalue weighted by atomic mass is 10.1. The van der Waals surface area contributed by atoms with E-state index in [1.807, 2.05) is 11.4 Å². The lowest BCUT2D eigenvalue weighted by Crippen LogP contribution is -2.23. The summed E-state index contributed by atoms with van der Waals surface area (Å²) in [4.78, 5) is 12.7. The van der Waals surface area contributed by atoms with Crippen molar-refractivity contribution < 1.29 is 13.6 Å². The van der Waals surface area contributed by atoms with Crippen LogP contribution >= 0.6 is 27.3 Å². The SMILES string of the molecule is Nc1cc(C(=O)NCc2cc(Br)cs2)c(F)cc1F. The molecule has 2 aromatic rings. The monoisotopic (exact) mass is 346 g/mol. The predicted octanol–water partition coefficient (Wildman–Crippen LogP) is 3.30. The van der Waals surface area contributed by atoms with Gasteiger partial charge in [-0.1, -0.05) is 0 Å². The Morgan fingerprint density at radius 3 is 2.68 bits per heavy atom. The molecule has 3 N–H and O–H groups in total. The normalized spacial score (nSPS) is 10.5. The molecule has 1 amide bonds. The summed E-state index contributed by atoms with van der Waals surface area (Å²) in [6.45, 7) is 0.270. The van der Waals surface area contributed by atoms with Gasteiger partial charge >= 0.3 is 0 Å². The third-order valence-electron chi connectivity index (χ3n) is 2.38. The summed E-state index contributed by atoms with van der Waals surface area (Å²) in [6, 6.07) is 3.44. The number of halogens is 3. The van der Waals surface area contributed by atoms with Gasteiger partial charge in [0.05, 0.1) is 17.8 Å². The quantitative estimate of drug-likeness (QED) is 0.837. The molecule has 3 nitrogen and oxygen atoms in total. The Hall–Kier alpha value is -1.47. The lowest BCUT2D eigenvalue weighted by Gasteiger charge is -2.06. The Morgan fingerprint density at radius 1 is 1.32 bits per heavy atom. The van der Waals surface area contributed by atoms with Gasteiger partial charge in [-0.05, 0) is 28.1 Å². The fourth-order valence-corrected chi connectivity index (χ4v) is 2.84. The number of hydrogen-bond acceptors (Lipinski definition) is 3.